The molecule has 2 rings (SSSR count). The van der Waals surface area contributed by atoms with E-state index in [1.807, 2.05) is 0 Å². The number of carbonyl (C=O) groups is 1. The van der Waals surface area contributed by atoms with E-state index < -0.39 is 11.7 Å². The Hall–Kier alpha value is -1.10. The van der Waals surface area contributed by atoms with E-state index in [0.717, 1.165) is 0 Å². The fourth-order valence-electron chi connectivity index (χ4n) is 1.44. The molecule has 0 atom stereocenters. The lowest BCUT2D eigenvalue weighted by Crippen LogP contribution is -2.12. The molecular formula is C13H7BrCl2FNO. The number of hydrogen-bond donors (Lipinski definition) is 1. The van der Waals surface area contributed by atoms with Crippen LogP contribution in [0, 0.1) is 5.82 Å². The van der Waals surface area contributed by atoms with Gasteiger partial charge in [-0.05, 0) is 52.3 Å². The van der Waals surface area contributed by atoms with Gasteiger partial charge in [-0.2, -0.15) is 0 Å². The monoisotopic (exact) mass is 361 g/mol. The van der Waals surface area contributed by atoms with Crippen LogP contribution in [-0.2, 0) is 0 Å². The summed E-state index contributed by atoms with van der Waals surface area (Å²) in [5, 5.41) is 3.32. The van der Waals surface area contributed by atoms with Gasteiger partial charge in [0.2, 0.25) is 0 Å². The summed E-state index contributed by atoms with van der Waals surface area (Å²) in [6.45, 7) is 0. The van der Waals surface area contributed by atoms with Gasteiger partial charge < -0.3 is 5.32 Å². The van der Waals surface area contributed by atoms with Crippen LogP contribution in [0.3, 0.4) is 0 Å². The third-order valence-corrected chi connectivity index (χ3v) is 3.52. The first-order valence-corrected chi connectivity index (χ1v) is 6.74. The standard InChI is InChI=1S/C13H7BrCl2FNO/c14-10-6-8(2-4-12(10)17)18-13(19)9-5-7(15)1-3-11(9)16/h1-6H,(H,18,19). The number of anilines is 1. The van der Waals surface area contributed by atoms with Gasteiger partial charge in [0.25, 0.3) is 5.91 Å². The molecule has 2 aromatic carbocycles. The Balaban J connectivity index is 2.25. The normalized spacial score (nSPS) is 10.3. The van der Waals surface area contributed by atoms with Gasteiger partial charge in [0.15, 0.2) is 0 Å². The molecule has 19 heavy (non-hydrogen) atoms. The zero-order valence-corrected chi connectivity index (χ0v) is 12.5. The van der Waals surface area contributed by atoms with Crippen molar-refractivity contribution in [3.05, 3.63) is 62.3 Å². The molecule has 0 saturated heterocycles. The highest BCUT2D eigenvalue weighted by atomic mass is 79.9. The van der Waals surface area contributed by atoms with Crippen LogP contribution in [0.5, 0.6) is 0 Å². The maximum absolute atomic E-state index is 13.1. The van der Waals surface area contributed by atoms with Crippen molar-refractivity contribution in [1.29, 1.82) is 0 Å². The molecule has 6 heteroatoms. The van der Waals surface area contributed by atoms with E-state index in [0.29, 0.717) is 15.7 Å². The van der Waals surface area contributed by atoms with Crippen molar-refractivity contribution in [1.82, 2.24) is 0 Å². The number of rotatable bonds is 2. The predicted molar refractivity (Wildman–Crippen MR) is 78.5 cm³/mol. The SMILES string of the molecule is O=C(Nc1ccc(F)c(Br)c1)c1cc(Cl)ccc1Cl. The summed E-state index contributed by atoms with van der Waals surface area (Å²) in [7, 11) is 0. The van der Waals surface area contributed by atoms with Crippen LogP contribution in [-0.4, -0.2) is 5.91 Å². The zero-order chi connectivity index (χ0) is 14.0. The van der Waals surface area contributed by atoms with Crippen LogP contribution >= 0.6 is 39.1 Å². The van der Waals surface area contributed by atoms with Crippen molar-refractivity contribution in [2.45, 2.75) is 0 Å². The lowest BCUT2D eigenvalue weighted by Gasteiger charge is -2.08. The molecule has 0 aliphatic rings. The van der Waals surface area contributed by atoms with Crippen molar-refractivity contribution in [2.24, 2.45) is 0 Å². The Morgan fingerprint density at radius 3 is 2.58 bits per heavy atom. The molecule has 0 aliphatic heterocycles. The lowest BCUT2D eigenvalue weighted by atomic mass is 10.2. The second-order valence-corrected chi connectivity index (χ2v) is 5.41. The Bertz CT molecular complexity index is 649. The summed E-state index contributed by atoms with van der Waals surface area (Å²) < 4.78 is 13.3. The summed E-state index contributed by atoms with van der Waals surface area (Å²) in [5.41, 5.74) is 0.712. The first kappa shape index (κ1) is 14.3. The number of hydrogen-bond acceptors (Lipinski definition) is 1. The second-order valence-electron chi connectivity index (χ2n) is 3.71. The highest BCUT2D eigenvalue weighted by Gasteiger charge is 2.12. The Morgan fingerprint density at radius 1 is 1.16 bits per heavy atom. The van der Waals surface area contributed by atoms with E-state index in [2.05, 4.69) is 21.2 Å². The number of halogens is 4. The Morgan fingerprint density at radius 2 is 1.89 bits per heavy atom. The summed E-state index contributed by atoms with van der Waals surface area (Å²) in [6, 6.07) is 8.77. The molecule has 1 amide bonds. The molecule has 2 aromatic rings. The molecule has 0 fully saturated rings. The van der Waals surface area contributed by atoms with Gasteiger partial charge in [0, 0.05) is 10.7 Å². The minimum atomic E-state index is -0.411. The van der Waals surface area contributed by atoms with Crippen molar-refractivity contribution >= 4 is 50.7 Å². The maximum atomic E-state index is 13.1. The molecule has 1 N–H and O–H groups in total. The van der Waals surface area contributed by atoms with Crippen LogP contribution in [0.4, 0.5) is 10.1 Å². The molecule has 0 unspecified atom stereocenters. The molecule has 0 saturated carbocycles. The molecule has 0 aromatic heterocycles. The van der Waals surface area contributed by atoms with Crippen molar-refractivity contribution in [2.75, 3.05) is 5.32 Å². The highest BCUT2D eigenvalue weighted by Crippen LogP contribution is 2.24. The van der Waals surface area contributed by atoms with Gasteiger partial charge in [0.05, 0.1) is 15.1 Å². The minimum Gasteiger partial charge on any atom is -0.322 e. The zero-order valence-electron chi connectivity index (χ0n) is 9.38. The molecule has 0 bridgehead atoms. The Labute approximate surface area is 127 Å². The smallest absolute Gasteiger partial charge is 0.257 e. The molecule has 0 heterocycles. The van der Waals surface area contributed by atoms with Gasteiger partial charge in [0.1, 0.15) is 5.82 Å². The first-order chi connectivity index (χ1) is 8.97. The molecule has 0 aliphatic carbocycles. The second kappa shape index (κ2) is 5.90. The van der Waals surface area contributed by atoms with E-state index in [1.165, 1.54) is 24.3 Å². The van der Waals surface area contributed by atoms with E-state index in [-0.39, 0.29) is 10.0 Å². The number of benzene rings is 2. The predicted octanol–water partition coefficient (Wildman–Crippen LogP) is 5.15. The van der Waals surface area contributed by atoms with Crippen molar-refractivity contribution in [3.63, 3.8) is 0 Å². The van der Waals surface area contributed by atoms with Crippen LogP contribution in [0.1, 0.15) is 10.4 Å². The third-order valence-electron chi connectivity index (χ3n) is 2.35. The van der Waals surface area contributed by atoms with Gasteiger partial charge >= 0.3 is 0 Å². The average molecular weight is 363 g/mol. The molecular weight excluding hydrogens is 356 g/mol. The Kier molecular flexibility index (Phi) is 4.45. The maximum Gasteiger partial charge on any atom is 0.257 e. The van der Waals surface area contributed by atoms with Crippen LogP contribution in [0.25, 0.3) is 0 Å². The van der Waals surface area contributed by atoms with Crippen molar-refractivity contribution < 1.29 is 9.18 Å². The number of carbonyl (C=O) groups excluding carboxylic acids is 1. The summed E-state index contributed by atoms with van der Waals surface area (Å²) in [6.07, 6.45) is 0. The van der Waals surface area contributed by atoms with E-state index in [9.17, 15) is 9.18 Å². The van der Waals surface area contributed by atoms with Gasteiger partial charge in [-0.15, -0.1) is 0 Å². The highest BCUT2D eigenvalue weighted by molar-refractivity contribution is 9.10. The number of nitrogens with one attached hydrogen (secondary N) is 1. The summed E-state index contributed by atoms with van der Waals surface area (Å²) in [4.78, 5) is 12.0. The third kappa shape index (κ3) is 3.47. The fraction of sp³-hybridized carbons (Fsp3) is 0. The van der Waals surface area contributed by atoms with Crippen LogP contribution in [0.2, 0.25) is 10.0 Å². The number of amides is 1. The quantitative estimate of drug-likeness (QED) is 0.786. The van der Waals surface area contributed by atoms with E-state index in [1.54, 1.807) is 12.1 Å². The first-order valence-electron chi connectivity index (χ1n) is 5.19. The molecule has 0 spiro atoms. The van der Waals surface area contributed by atoms with Gasteiger partial charge in [-0.25, -0.2) is 4.39 Å². The lowest BCUT2D eigenvalue weighted by molar-refractivity contribution is 0.102. The molecule has 2 nitrogen and oxygen atoms in total. The van der Waals surface area contributed by atoms with E-state index >= 15 is 0 Å². The van der Waals surface area contributed by atoms with Crippen molar-refractivity contribution in [3.8, 4) is 0 Å². The van der Waals surface area contributed by atoms with Crippen LogP contribution in [0.15, 0.2) is 40.9 Å². The summed E-state index contributed by atoms with van der Waals surface area (Å²) in [5.74, 6) is -0.815. The fourth-order valence-corrected chi connectivity index (χ4v) is 2.20. The van der Waals surface area contributed by atoms with E-state index in [4.69, 9.17) is 23.2 Å². The topological polar surface area (TPSA) is 29.1 Å². The van der Waals surface area contributed by atoms with Gasteiger partial charge in [-0.3, -0.25) is 4.79 Å². The minimum absolute atomic E-state index is 0.259. The van der Waals surface area contributed by atoms with Gasteiger partial charge in [-0.1, -0.05) is 23.2 Å². The molecule has 0 radical (unpaired) electrons. The molecule has 98 valence electrons. The summed E-state index contributed by atoms with van der Waals surface area (Å²) >= 11 is 14.8. The largest absolute Gasteiger partial charge is 0.322 e. The average Bonchev–Trinajstić information content (AvgIpc) is 2.36. The van der Waals surface area contributed by atoms with Crippen LogP contribution < -0.4 is 5.32 Å².